The summed E-state index contributed by atoms with van der Waals surface area (Å²) < 4.78 is 5.14. The molecular weight excluding hydrogens is 352 g/mol. The highest BCUT2D eigenvalue weighted by molar-refractivity contribution is 6.19. The normalized spacial score (nSPS) is 12.6. The van der Waals surface area contributed by atoms with E-state index in [4.69, 9.17) is 16.3 Å². The fourth-order valence-corrected chi connectivity index (χ4v) is 3.09. The van der Waals surface area contributed by atoms with Crippen LogP contribution in [0.4, 0.5) is 0 Å². The Morgan fingerprint density at radius 1 is 1.15 bits per heavy atom. The minimum absolute atomic E-state index is 0.143. The quantitative estimate of drug-likeness (QED) is 0.806. The molecule has 138 valence electrons. The van der Waals surface area contributed by atoms with Crippen molar-refractivity contribution < 1.29 is 19.4 Å². The fourth-order valence-electron chi connectivity index (χ4n) is 2.87. The summed E-state index contributed by atoms with van der Waals surface area (Å²) in [6.07, 6.45) is 2.62. The van der Waals surface area contributed by atoms with E-state index in [0.29, 0.717) is 31.6 Å². The first-order valence-electron chi connectivity index (χ1n) is 8.56. The molecule has 0 fully saturated rings. The van der Waals surface area contributed by atoms with Gasteiger partial charge in [-0.15, -0.1) is 11.6 Å². The predicted molar refractivity (Wildman–Crippen MR) is 102 cm³/mol. The van der Waals surface area contributed by atoms with E-state index in [1.165, 1.54) is 0 Å². The molecule has 0 aliphatic heterocycles. The van der Waals surface area contributed by atoms with Crippen LogP contribution >= 0.6 is 11.6 Å². The van der Waals surface area contributed by atoms with E-state index in [1.54, 1.807) is 13.2 Å². The molecule has 2 aromatic rings. The van der Waals surface area contributed by atoms with Gasteiger partial charge in [-0.25, -0.2) is 0 Å². The lowest BCUT2D eigenvalue weighted by Crippen LogP contribution is -2.12. The molecule has 0 saturated heterocycles. The maximum Gasteiger partial charge on any atom is 0.138 e. The minimum Gasteiger partial charge on any atom is -0.508 e. The van der Waals surface area contributed by atoms with Crippen LogP contribution in [-0.2, 0) is 28.9 Å². The topological polar surface area (TPSA) is 63.6 Å². The average Bonchev–Trinajstić information content (AvgIpc) is 2.64. The molecule has 4 nitrogen and oxygen atoms in total. The van der Waals surface area contributed by atoms with Gasteiger partial charge in [-0.2, -0.15) is 0 Å². The van der Waals surface area contributed by atoms with Crippen molar-refractivity contribution in [3.63, 3.8) is 0 Å². The van der Waals surface area contributed by atoms with Crippen molar-refractivity contribution in [1.29, 1.82) is 0 Å². The number of halogens is 1. The second kappa shape index (κ2) is 9.97. The summed E-state index contributed by atoms with van der Waals surface area (Å²) in [7, 11) is 1.60. The lowest BCUT2D eigenvalue weighted by atomic mass is 9.90. The van der Waals surface area contributed by atoms with Gasteiger partial charge >= 0.3 is 0 Å². The van der Waals surface area contributed by atoms with Crippen molar-refractivity contribution in [3.05, 3.63) is 59.2 Å². The van der Waals surface area contributed by atoms with Crippen LogP contribution in [0.25, 0.3) is 0 Å². The number of rotatable bonds is 5. The first kappa shape index (κ1) is 20.0. The van der Waals surface area contributed by atoms with E-state index in [0.717, 1.165) is 28.9 Å². The number of ketones is 2. The monoisotopic (exact) mass is 374 g/mol. The lowest BCUT2D eigenvalue weighted by molar-refractivity contribution is -0.119. The smallest absolute Gasteiger partial charge is 0.138 e. The number of benzene rings is 2. The number of ether oxygens (including phenoxy) is 1. The summed E-state index contributed by atoms with van der Waals surface area (Å²) in [4.78, 5) is 22.4. The van der Waals surface area contributed by atoms with Gasteiger partial charge in [0.25, 0.3) is 0 Å². The number of carbonyl (C=O) groups is 2. The zero-order valence-corrected chi connectivity index (χ0v) is 15.6. The molecule has 3 rings (SSSR count). The summed E-state index contributed by atoms with van der Waals surface area (Å²) in [5.74, 6) is 1.78. The first-order chi connectivity index (χ1) is 12.5. The SMILES string of the molecule is COc1ccccc1CC(=O)CCCl.O=C1CCc2cccc(O)c2C1. The van der Waals surface area contributed by atoms with Gasteiger partial charge in [-0.3, -0.25) is 9.59 Å². The molecular formula is C21H23ClO4. The Morgan fingerprint density at radius 3 is 2.65 bits per heavy atom. The van der Waals surface area contributed by atoms with Gasteiger partial charge < -0.3 is 9.84 Å². The third-order valence-electron chi connectivity index (χ3n) is 4.25. The number of para-hydroxylation sites is 1. The van der Waals surface area contributed by atoms with Gasteiger partial charge in [0.15, 0.2) is 0 Å². The van der Waals surface area contributed by atoms with Crippen LogP contribution in [0.5, 0.6) is 11.5 Å². The number of aromatic hydroxyl groups is 1. The molecule has 0 saturated carbocycles. The summed E-state index contributed by atoms with van der Waals surface area (Å²) >= 11 is 5.48. The highest BCUT2D eigenvalue weighted by atomic mass is 35.5. The van der Waals surface area contributed by atoms with E-state index in [1.807, 2.05) is 36.4 Å². The molecule has 0 heterocycles. The number of hydrogen-bond acceptors (Lipinski definition) is 4. The molecule has 0 bridgehead atoms. The highest BCUT2D eigenvalue weighted by Gasteiger charge is 2.17. The molecule has 2 aromatic carbocycles. The predicted octanol–water partition coefficient (Wildman–Crippen LogP) is 3.89. The number of phenols is 1. The van der Waals surface area contributed by atoms with Crippen LogP contribution < -0.4 is 4.74 Å². The van der Waals surface area contributed by atoms with E-state index in [-0.39, 0.29) is 17.3 Å². The Bertz CT molecular complexity index is 770. The number of methoxy groups -OCH3 is 1. The Kier molecular flexibility index (Phi) is 7.67. The second-order valence-electron chi connectivity index (χ2n) is 6.10. The van der Waals surface area contributed by atoms with Crippen molar-refractivity contribution in [2.24, 2.45) is 0 Å². The van der Waals surface area contributed by atoms with Crippen molar-refractivity contribution in [2.75, 3.05) is 13.0 Å². The summed E-state index contributed by atoms with van der Waals surface area (Å²) in [5, 5.41) is 9.42. The van der Waals surface area contributed by atoms with E-state index >= 15 is 0 Å². The van der Waals surface area contributed by atoms with Crippen LogP contribution in [0.3, 0.4) is 0 Å². The van der Waals surface area contributed by atoms with Gasteiger partial charge in [0.1, 0.15) is 23.1 Å². The number of aryl methyl sites for hydroxylation is 1. The van der Waals surface area contributed by atoms with E-state index in [2.05, 4.69) is 0 Å². The van der Waals surface area contributed by atoms with Crippen LogP contribution in [0.2, 0.25) is 0 Å². The minimum atomic E-state index is 0.143. The lowest BCUT2D eigenvalue weighted by Gasteiger charge is -2.15. The van der Waals surface area contributed by atoms with Crippen molar-refractivity contribution >= 4 is 23.2 Å². The maximum absolute atomic E-state index is 11.3. The van der Waals surface area contributed by atoms with Gasteiger partial charge in [0.05, 0.1) is 7.11 Å². The van der Waals surface area contributed by atoms with Gasteiger partial charge in [0.2, 0.25) is 0 Å². The number of phenolic OH excluding ortho intramolecular Hbond substituents is 1. The molecule has 0 aromatic heterocycles. The number of alkyl halides is 1. The maximum atomic E-state index is 11.3. The Balaban J connectivity index is 0.000000189. The average molecular weight is 375 g/mol. The van der Waals surface area contributed by atoms with Crippen molar-refractivity contribution in [2.45, 2.75) is 32.1 Å². The molecule has 1 aliphatic rings. The summed E-state index contributed by atoms with van der Waals surface area (Å²) in [6.45, 7) is 0. The van der Waals surface area contributed by atoms with Gasteiger partial charge in [-0.1, -0.05) is 30.3 Å². The largest absolute Gasteiger partial charge is 0.508 e. The molecule has 26 heavy (non-hydrogen) atoms. The first-order valence-corrected chi connectivity index (χ1v) is 9.09. The number of carbonyl (C=O) groups excluding carboxylic acids is 2. The molecule has 5 heteroatoms. The fraction of sp³-hybridized carbons (Fsp3) is 0.333. The summed E-state index contributed by atoms with van der Waals surface area (Å²) in [5.41, 5.74) is 2.87. The zero-order chi connectivity index (χ0) is 18.9. The standard InChI is InChI=1S/C11H13ClO2.C10H10O2/c1-14-11-5-3-2-4-9(11)8-10(13)6-7-12;11-8-5-4-7-2-1-3-10(12)9(7)6-8/h2-5H,6-8H2,1H3;1-3,12H,4-6H2. The van der Waals surface area contributed by atoms with Crippen molar-refractivity contribution in [1.82, 2.24) is 0 Å². The van der Waals surface area contributed by atoms with Crippen LogP contribution in [0.1, 0.15) is 29.5 Å². The Hall–Kier alpha value is -2.33. The van der Waals surface area contributed by atoms with E-state index < -0.39 is 0 Å². The molecule has 0 radical (unpaired) electrons. The van der Waals surface area contributed by atoms with Crippen molar-refractivity contribution in [3.8, 4) is 11.5 Å². The second-order valence-corrected chi connectivity index (χ2v) is 6.47. The molecule has 0 unspecified atom stereocenters. The Morgan fingerprint density at radius 2 is 1.92 bits per heavy atom. The van der Waals surface area contributed by atoms with Crippen LogP contribution in [0.15, 0.2) is 42.5 Å². The van der Waals surface area contributed by atoms with Crippen LogP contribution in [0, 0.1) is 0 Å². The van der Waals surface area contributed by atoms with E-state index in [9.17, 15) is 14.7 Å². The third-order valence-corrected chi connectivity index (χ3v) is 4.44. The number of hydrogen-bond donors (Lipinski definition) is 1. The molecule has 1 N–H and O–H groups in total. The third kappa shape index (κ3) is 5.60. The molecule has 0 atom stereocenters. The molecule has 0 spiro atoms. The molecule has 0 amide bonds. The zero-order valence-electron chi connectivity index (χ0n) is 14.8. The Labute approximate surface area is 158 Å². The molecule has 1 aliphatic carbocycles. The number of Topliss-reactive ketones (excluding diaryl/α,β-unsaturated/α-hetero) is 2. The van der Waals surface area contributed by atoms with Crippen LogP contribution in [-0.4, -0.2) is 29.7 Å². The van der Waals surface area contributed by atoms with Gasteiger partial charge in [0, 0.05) is 42.7 Å². The summed E-state index contributed by atoms with van der Waals surface area (Å²) in [6, 6.07) is 13.0. The van der Waals surface area contributed by atoms with Gasteiger partial charge in [-0.05, 0) is 24.1 Å². The number of fused-ring (bicyclic) bond motifs is 1. The highest BCUT2D eigenvalue weighted by Crippen LogP contribution is 2.26.